The Kier molecular flexibility index (Phi) is 5.83. The van der Waals surface area contributed by atoms with E-state index in [1.54, 1.807) is 0 Å². The Morgan fingerprint density at radius 1 is 1.19 bits per heavy atom. The second kappa shape index (κ2) is 7.42. The fourth-order valence-corrected chi connectivity index (χ4v) is 3.54. The molecule has 0 aromatic heterocycles. The molecule has 2 unspecified atom stereocenters. The summed E-state index contributed by atoms with van der Waals surface area (Å²) in [5.74, 6) is 0. The highest BCUT2D eigenvalue weighted by molar-refractivity contribution is 5.32. The molecule has 1 N–H and O–H groups in total. The van der Waals surface area contributed by atoms with Crippen LogP contribution in [0.2, 0.25) is 0 Å². The predicted octanol–water partition coefficient (Wildman–Crippen LogP) is 4.22. The van der Waals surface area contributed by atoms with Gasteiger partial charge in [-0.3, -0.25) is 4.90 Å². The first-order valence-corrected chi connectivity index (χ1v) is 8.55. The molecule has 0 bridgehead atoms. The Morgan fingerprint density at radius 3 is 2.57 bits per heavy atom. The van der Waals surface area contributed by atoms with Crippen LogP contribution in [0.15, 0.2) is 18.2 Å². The summed E-state index contributed by atoms with van der Waals surface area (Å²) >= 11 is 0. The molecule has 118 valence electrons. The largest absolute Gasteiger partial charge is 0.313 e. The second-order valence-electron chi connectivity index (χ2n) is 6.97. The number of aryl methyl sites for hydroxylation is 2. The smallest absolute Gasteiger partial charge is 0.0325 e. The summed E-state index contributed by atoms with van der Waals surface area (Å²) < 4.78 is 0. The van der Waals surface area contributed by atoms with Crippen molar-refractivity contribution in [1.82, 2.24) is 10.2 Å². The fourth-order valence-electron chi connectivity index (χ4n) is 3.54. The molecule has 1 aliphatic rings. The Balaban J connectivity index is 2.14. The molecule has 1 aliphatic heterocycles. The van der Waals surface area contributed by atoms with E-state index in [-0.39, 0.29) is 0 Å². The van der Waals surface area contributed by atoms with Crippen LogP contribution < -0.4 is 5.32 Å². The van der Waals surface area contributed by atoms with Gasteiger partial charge in [-0.25, -0.2) is 0 Å². The van der Waals surface area contributed by atoms with E-state index in [1.807, 2.05) is 0 Å². The van der Waals surface area contributed by atoms with Crippen molar-refractivity contribution in [3.8, 4) is 0 Å². The Hall–Kier alpha value is -0.860. The maximum atomic E-state index is 3.70. The van der Waals surface area contributed by atoms with Gasteiger partial charge in [0.05, 0.1) is 0 Å². The summed E-state index contributed by atoms with van der Waals surface area (Å²) in [5.41, 5.74) is 4.26. The average Bonchev–Trinajstić information content (AvgIpc) is 2.47. The van der Waals surface area contributed by atoms with Crippen LogP contribution in [0.1, 0.15) is 62.8 Å². The third kappa shape index (κ3) is 4.31. The molecule has 0 saturated carbocycles. The first-order chi connectivity index (χ1) is 9.99. The fraction of sp³-hybridized carbons (Fsp3) is 0.684. The quantitative estimate of drug-likeness (QED) is 0.873. The Bertz CT molecular complexity index is 447. The van der Waals surface area contributed by atoms with Crippen LogP contribution in [0, 0.1) is 13.8 Å². The maximum Gasteiger partial charge on any atom is 0.0325 e. The summed E-state index contributed by atoms with van der Waals surface area (Å²) in [6.07, 6.45) is 4.04. The van der Waals surface area contributed by atoms with Gasteiger partial charge >= 0.3 is 0 Å². The number of nitrogens with one attached hydrogen (secondary N) is 1. The van der Waals surface area contributed by atoms with Crippen molar-refractivity contribution in [3.05, 3.63) is 34.9 Å². The number of benzene rings is 1. The minimum Gasteiger partial charge on any atom is -0.313 e. The van der Waals surface area contributed by atoms with E-state index in [4.69, 9.17) is 0 Å². The number of hydrogen-bond acceptors (Lipinski definition) is 2. The van der Waals surface area contributed by atoms with Crippen molar-refractivity contribution in [2.75, 3.05) is 13.1 Å². The molecular weight excluding hydrogens is 256 g/mol. The van der Waals surface area contributed by atoms with Crippen molar-refractivity contribution in [2.45, 2.75) is 72.0 Å². The molecule has 0 radical (unpaired) electrons. The average molecular weight is 288 g/mol. The highest BCUT2D eigenvalue weighted by Crippen LogP contribution is 2.27. The van der Waals surface area contributed by atoms with Crippen molar-refractivity contribution < 1.29 is 0 Å². The number of rotatable bonds is 5. The van der Waals surface area contributed by atoms with E-state index in [2.05, 4.69) is 63.0 Å². The molecule has 21 heavy (non-hydrogen) atoms. The summed E-state index contributed by atoms with van der Waals surface area (Å²) in [5, 5.41) is 3.70. The van der Waals surface area contributed by atoms with E-state index >= 15 is 0 Å². The van der Waals surface area contributed by atoms with Crippen LogP contribution in [-0.2, 0) is 0 Å². The molecule has 1 heterocycles. The summed E-state index contributed by atoms with van der Waals surface area (Å²) in [4.78, 5) is 2.66. The van der Waals surface area contributed by atoms with Gasteiger partial charge in [-0.1, -0.05) is 30.2 Å². The van der Waals surface area contributed by atoms with Gasteiger partial charge in [0, 0.05) is 24.7 Å². The maximum absolute atomic E-state index is 3.70. The minimum absolute atomic E-state index is 0.480. The van der Waals surface area contributed by atoms with Gasteiger partial charge in [0.1, 0.15) is 0 Å². The SMILES string of the molecule is Cc1ccc(C)c(C(C)N(CC2CCCCN2)C(C)C)c1. The third-order valence-corrected chi connectivity index (χ3v) is 4.89. The molecule has 1 saturated heterocycles. The Labute approximate surface area is 130 Å². The van der Waals surface area contributed by atoms with Gasteiger partial charge < -0.3 is 5.32 Å². The van der Waals surface area contributed by atoms with Gasteiger partial charge in [0.2, 0.25) is 0 Å². The van der Waals surface area contributed by atoms with Gasteiger partial charge in [0.25, 0.3) is 0 Å². The Morgan fingerprint density at radius 2 is 1.95 bits per heavy atom. The molecule has 0 amide bonds. The van der Waals surface area contributed by atoms with Gasteiger partial charge in [-0.2, -0.15) is 0 Å². The van der Waals surface area contributed by atoms with Crippen LogP contribution in [0.25, 0.3) is 0 Å². The topological polar surface area (TPSA) is 15.3 Å². The lowest BCUT2D eigenvalue weighted by Crippen LogP contribution is -2.46. The zero-order valence-corrected chi connectivity index (χ0v) is 14.4. The zero-order valence-electron chi connectivity index (χ0n) is 14.4. The summed E-state index contributed by atoms with van der Waals surface area (Å²) in [6.45, 7) is 13.8. The molecule has 0 aliphatic carbocycles. The molecule has 2 rings (SSSR count). The lowest BCUT2D eigenvalue weighted by molar-refractivity contribution is 0.137. The molecule has 2 heteroatoms. The normalized spacial score (nSPS) is 21.0. The van der Waals surface area contributed by atoms with Crippen LogP contribution in [0.4, 0.5) is 0 Å². The lowest BCUT2D eigenvalue weighted by Gasteiger charge is -2.38. The van der Waals surface area contributed by atoms with Crippen LogP contribution in [0.5, 0.6) is 0 Å². The van der Waals surface area contributed by atoms with Gasteiger partial charge in [0.15, 0.2) is 0 Å². The van der Waals surface area contributed by atoms with E-state index < -0.39 is 0 Å². The summed E-state index contributed by atoms with van der Waals surface area (Å²) in [7, 11) is 0. The molecule has 1 aromatic rings. The zero-order chi connectivity index (χ0) is 15.4. The van der Waals surface area contributed by atoms with Crippen molar-refractivity contribution >= 4 is 0 Å². The number of nitrogens with zero attached hydrogens (tertiary/aromatic N) is 1. The molecule has 1 aromatic carbocycles. The molecular formula is C19H32N2. The molecule has 2 atom stereocenters. The van der Waals surface area contributed by atoms with Gasteiger partial charge in [-0.05, 0) is 65.1 Å². The van der Waals surface area contributed by atoms with Crippen molar-refractivity contribution in [1.29, 1.82) is 0 Å². The lowest BCUT2D eigenvalue weighted by atomic mass is 9.96. The number of hydrogen-bond donors (Lipinski definition) is 1. The first-order valence-electron chi connectivity index (χ1n) is 8.55. The van der Waals surface area contributed by atoms with Crippen molar-refractivity contribution in [3.63, 3.8) is 0 Å². The van der Waals surface area contributed by atoms with E-state index in [9.17, 15) is 0 Å². The molecule has 1 fully saturated rings. The number of piperidine rings is 1. The first kappa shape index (κ1) is 16.5. The van der Waals surface area contributed by atoms with E-state index in [0.717, 1.165) is 6.54 Å². The standard InChI is InChI=1S/C19H32N2/c1-14(2)21(13-18-8-6-7-11-20-18)17(5)19-12-15(3)9-10-16(19)4/h9-10,12,14,17-18,20H,6-8,11,13H2,1-5H3. The van der Waals surface area contributed by atoms with Gasteiger partial charge in [-0.15, -0.1) is 0 Å². The van der Waals surface area contributed by atoms with Crippen LogP contribution in [0.3, 0.4) is 0 Å². The highest BCUT2D eigenvalue weighted by atomic mass is 15.2. The van der Waals surface area contributed by atoms with Crippen molar-refractivity contribution in [2.24, 2.45) is 0 Å². The highest BCUT2D eigenvalue weighted by Gasteiger charge is 2.24. The van der Waals surface area contributed by atoms with Crippen LogP contribution >= 0.6 is 0 Å². The monoisotopic (exact) mass is 288 g/mol. The van der Waals surface area contributed by atoms with E-state index in [1.165, 1.54) is 42.5 Å². The third-order valence-electron chi connectivity index (χ3n) is 4.89. The minimum atomic E-state index is 0.480. The summed E-state index contributed by atoms with van der Waals surface area (Å²) in [6, 6.07) is 8.56. The molecule has 2 nitrogen and oxygen atoms in total. The second-order valence-corrected chi connectivity index (χ2v) is 6.97. The molecule has 0 spiro atoms. The predicted molar refractivity (Wildman–Crippen MR) is 91.8 cm³/mol. The van der Waals surface area contributed by atoms with Crippen LogP contribution in [-0.4, -0.2) is 30.1 Å². The van der Waals surface area contributed by atoms with E-state index in [0.29, 0.717) is 18.1 Å².